The lowest BCUT2D eigenvalue weighted by atomic mass is 9.86. The van der Waals surface area contributed by atoms with Gasteiger partial charge in [-0.2, -0.15) is 0 Å². The van der Waals surface area contributed by atoms with E-state index in [0.29, 0.717) is 20.8 Å². The van der Waals surface area contributed by atoms with Crippen LogP contribution in [0.4, 0.5) is 17.1 Å². The van der Waals surface area contributed by atoms with Gasteiger partial charge >= 0.3 is 5.97 Å². The first-order valence-corrected chi connectivity index (χ1v) is 20.5. The van der Waals surface area contributed by atoms with Crippen molar-refractivity contribution in [1.82, 2.24) is 0 Å². The average Bonchev–Trinajstić information content (AvgIpc) is 3.14. The summed E-state index contributed by atoms with van der Waals surface area (Å²) in [7, 11) is -0.743. The number of benzene rings is 4. The van der Waals surface area contributed by atoms with E-state index in [-0.39, 0.29) is 6.61 Å². The maximum atomic E-state index is 12.9. The molecule has 1 fully saturated rings. The number of carbonyl (C=O) groups is 1. The molecule has 1 aliphatic rings. The summed E-state index contributed by atoms with van der Waals surface area (Å²) in [5, 5.41) is 21.5. The number of piperazine rings is 1. The highest BCUT2D eigenvalue weighted by Gasteiger charge is 2.24. The largest absolute Gasteiger partial charge is 0.478 e. The molecule has 4 aromatic rings. The molecule has 4 aromatic carbocycles. The van der Waals surface area contributed by atoms with Crippen molar-refractivity contribution >= 4 is 59.0 Å². The van der Waals surface area contributed by atoms with Crippen LogP contribution >= 0.6 is 8.73 Å². The molecule has 0 aromatic heterocycles. The first-order valence-electron chi connectivity index (χ1n) is 18.0. The maximum Gasteiger partial charge on any atom is 0.336 e. The first kappa shape index (κ1) is 39.0. The van der Waals surface area contributed by atoms with Crippen molar-refractivity contribution in [3.8, 4) is 0 Å². The second kappa shape index (κ2) is 18.0. The molecule has 9 heteroatoms. The third kappa shape index (κ3) is 9.40. The first-order chi connectivity index (χ1) is 25.0. The summed E-state index contributed by atoms with van der Waals surface area (Å²) in [5.74, 6) is -0.893. The Morgan fingerprint density at radius 1 is 0.846 bits per heavy atom. The number of nitrogens with zero attached hydrogens (tertiary/aromatic N) is 3. The van der Waals surface area contributed by atoms with Crippen LogP contribution in [0.2, 0.25) is 0 Å². The molecule has 0 saturated carbocycles. The molecule has 2 unspecified atom stereocenters. The second-order valence-corrected chi connectivity index (χ2v) is 16.2. The molecule has 1 saturated heterocycles. The van der Waals surface area contributed by atoms with Gasteiger partial charge in [-0.25, -0.2) is 4.79 Å². The van der Waals surface area contributed by atoms with Crippen LogP contribution in [0.5, 0.6) is 0 Å². The standard InChI is InChI=1S/C43H52N3O4PS/c1-7-9-32(4)41(43(48)49)42(33(5)34-15-12-30(2)13-16-34)35-10-8-11-38(28-35)45-24-22-44(23-25-45)36-17-19-37(20-18-36)46(26-27-47)51-39-21-14-31(3)40(29-39)52(6)50/h8,10-21,28-29,47,51H,7,9,22-27H2,1-6H3,(H,48,49)/b41-32+,42-33+. The van der Waals surface area contributed by atoms with Gasteiger partial charge in [-0.3, -0.25) is 4.21 Å². The number of hydrogen-bond donors (Lipinski definition) is 2. The number of rotatable bonds is 14. The summed E-state index contributed by atoms with van der Waals surface area (Å²) in [5.41, 5.74) is 10.4. The molecule has 274 valence electrons. The Kier molecular flexibility index (Phi) is 13.5. The predicted molar refractivity (Wildman–Crippen MR) is 222 cm³/mol. The molecule has 7 nitrogen and oxygen atoms in total. The van der Waals surface area contributed by atoms with Gasteiger partial charge in [0.05, 0.1) is 23.0 Å². The summed E-state index contributed by atoms with van der Waals surface area (Å²) >= 11 is 0. The van der Waals surface area contributed by atoms with Crippen LogP contribution in [-0.2, 0) is 15.6 Å². The zero-order valence-electron chi connectivity index (χ0n) is 31.3. The van der Waals surface area contributed by atoms with Crippen molar-refractivity contribution in [1.29, 1.82) is 0 Å². The fraction of sp³-hybridized carbons (Fsp3) is 0.326. The summed E-state index contributed by atoms with van der Waals surface area (Å²) in [4.78, 5) is 18.5. The Balaban J connectivity index is 1.34. The molecule has 1 aliphatic heterocycles. The van der Waals surface area contributed by atoms with E-state index in [4.69, 9.17) is 0 Å². The van der Waals surface area contributed by atoms with E-state index in [0.717, 1.165) is 99.7 Å². The van der Waals surface area contributed by atoms with Gasteiger partial charge in [-0.15, -0.1) is 0 Å². The average molecular weight is 738 g/mol. The molecule has 1 heterocycles. The molecule has 2 atom stereocenters. The van der Waals surface area contributed by atoms with Gasteiger partial charge in [0, 0.05) is 69.7 Å². The van der Waals surface area contributed by atoms with Gasteiger partial charge in [-0.1, -0.05) is 73.0 Å². The van der Waals surface area contributed by atoms with Crippen molar-refractivity contribution in [3.05, 3.63) is 124 Å². The molecule has 5 rings (SSSR count). The molecule has 0 aliphatic carbocycles. The Labute approximate surface area is 314 Å². The lowest BCUT2D eigenvalue weighted by Gasteiger charge is -2.38. The van der Waals surface area contributed by atoms with Crippen LogP contribution in [0.15, 0.2) is 107 Å². The number of aliphatic carboxylic acids is 1. The molecular formula is C43H52N3O4PS. The molecule has 52 heavy (non-hydrogen) atoms. The van der Waals surface area contributed by atoms with Crippen molar-refractivity contribution in [2.45, 2.75) is 52.4 Å². The molecule has 0 bridgehead atoms. The third-order valence-electron chi connectivity index (χ3n) is 9.77. The third-order valence-corrected chi connectivity index (χ3v) is 12.1. The van der Waals surface area contributed by atoms with E-state index in [9.17, 15) is 19.2 Å². The number of allylic oxidation sites excluding steroid dienone is 2. The summed E-state index contributed by atoms with van der Waals surface area (Å²) in [6.07, 6.45) is 3.32. The van der Waals surface area contributed by atoms with E-state index in [1.165, 1.54) is 5.56 Å². The van der Waals surface area contributed by atoms with Crippen LogP contribution in [0.3, 0.4) is 0 Å². The zero-order chi connectivity index (χ0) is 37.4. The topological polar surface area (TPSA) is 84.3 Å². The van der Waals surface area contributed by atoms with Crippen LogP contribution in [0, 0.1) is 13.8 Å². The van der Waals surface area contributed by atoms with Gasteiger partial charge in [0.1, 0.15) is 0 Å². The SMILES string of the molecule is CCC/C(C)=C(C(=O)O)\C(=C(/C)c1ccc(C)cc1)c1cccc(N2CCN(c3ccc(N(CCO)Pc4ccc(C)c(S(C)=O)c4)cc3)CC2)c1. The minimum atomic E-state index is -1.05. The van der Waals surface area contributed by atoms with Gasteiger partial charge in [0.15, 0.2) is 0 Å². The fourth-order valence-corrected chi connectivity index (χ4v) is 9.00. The molecular weight excluding hydrogens is 686 g/mol. The van der Waals surface area contributed by atoms with E-state index in [1.54, 1.807) is 6.26 Å². The Bertz CT molecular complexity index is 1950. The monoisotopic (exact) mass is 737 g/mol. The maximum absolute atomic E-state index is 12.9. The molecule has 0 amide bonds. The van der Waals surface area contributed by atoms with Crippen LogP contribution in [-0.4, -0.2) is 66.0 Å². The molecule has 0 spiro atoms. The Morgan fingerprint density at radius 3 is 2.10 bits per heavy atom. The van der Waals surface area contributed by atoms with Crippen molar-refractivity contribution in [2.24, 2.45) is 0 Å². The number of carboxylic acid groups (broad SMARTS) is 1. The number of carboxylic acids is 1. The van der Waals surface area contributed by atoms with Gasteiger partial charge in [0.25, 0.3) is 0 Å². The quantitative estimate of drug-likeness (QED) is 0.0584. The number of anilines is 3. The molecule has 2 N–H and O–H groups in total. The van der Waals surface area contributed by atoms with Gasteiger partial charge in [-0.05, 0) is 110 Å². The Hall–Kier alpha value is -4.23. The highest BCUT2D eigenvalue weighted by atomic mass is 32.2. The zero-order valence-corrected chi connectivity index (χ0v) is 33.1. The fourth-order valence-electron chi connectivity index (χ4n) is 6.91. The second-order valence-electron chi connectivity index (χ2n) is 13.5. The normalized spacial score (nSPS) is 15.1. The van der Waals surface area contributed by atoms with Crippen LogP contribution < -0.4 is 19.8 Å². The highest BCUT2D eigenvalue weighted by Crippen LogP contribution is 2.37. The van der Waals surface area contributed by atoms with Crippen molar-refractivity contribution in [3.63, 3.8) is 0 Å². The number of aliphatic hydroxyl groups excluding tert-OH is 1. The minimum Gasteiger partial charge on any atom is -0.478 e. The van der Waals surface area contributed by atoms with Gasteiger partial charge < -0.3 is 24.7 Å². The van der Waals surface area contributed by atoms with Crippen molar-refractivity contribution in [2.75, 3.05) is 60.1 Å². The Morgan fingerprint density at radius 2 is 1.50 bits per heavy atom. The smallest absolute Gasteiger partial charge is 0.336 e. The minimum absolute atomic E-state index is 0.0470. The number of aryl methyl sites for hydroxylation is 2. The van der Waals surface area contributed by atoms with E-state index in [1.807, 2.05) is 45.0 Å². The van der Waals surface area contributed by atoms with E-state index < -0.39 is 16.8 Å². The lowest BCUT2D eigenvalue weighted by Crippen LogP contribution is -2.46. The lowest BCUT2D eigenvalue weighted by molar-refractivity contribution is -0.132. The highest BCUT2D eigenvalue weighted by molar-refractivity contribution is 7.84. The number of aliphatic hydroxyl groups is 1. The molecule has 0 radical (unpaired) electrons. The van der Waals surface area contributed by atoms with Crippen LogP contribution in [0.25, 0.3) is 11.1 Å². The van der Waals surface area contributed by atoms with Crippen molar-refractivity contribution < 1.29 is 19.2 Å². The summed E-state index contributed by atoms with van der Waals surface area (Å²) < 4.78 is 14.4. The number of hydrogen-bond acceptors (Lipinski definition) is 6. The summed E-state index contributed by atoms with van der Waals surface area (Å²) in [6, 6.07) is 31.4. The van der Waals surface area contributed by atoms with E-state index in [2.05, 4.69) is 95.0 Å². The summed E-state index contributed by atoms with van der Waals surface area (Å²) in [6.45, 7) is 14.1. The van der Waals surface area contributed by atoms with Crippen LogP contribution in [0.1, 0.15) is 55.9 Å². The van der Waals surface area contributed by atoms with Gasteiger partial charge in [0.2, 0.25) is 0 Å². The predicted octanol–water partition coefficient (Wildman–Crippen LogP) is 8.22. The van der Waals surface area contributed by atoms with E-state index >= 15 is 0 Å².